The number of hydrogen-bond acceptors (Lipinski definition) is 5. The van der Waals surface area contributed by atoms with Gasteiger partial charge in [-0.05, 0) is 61.6 Å². The van der Waals surface area contributed by atoms with Crippen LogP contribution in [0.5, 0.6) is 5.75 Å². The fraction of sp³-hybridized carbons (Fsp3) is 0.500. The van der Waals surface area contributed by atoms with Crippen LogP contribution in [0.4, 0.5) is 0 Å². The number of likely N-dealkylation sites (N-methyl/N-ethyl adjacent to an activating group) is 1. The number of esters is 1. The number of nitrogens with zero attached hydrogens (tertiary/aromatic N) is 2. The highest BCUT2D eigenvalue weighted by Crippen LogP contribution is 2.43. The minimum atomic E-state index is -0.332. The van der Waals surface area contributed by atoms with Crippen LogP contribution in [-0.4, -0.2) is 42.8 Å². The number of oxime groups is 1. The van der Waals surface area contributed by atoms with Gasteiger partial charge in [-0.2, -0.15) is 0 Å². The highest BCUT2D eigenvalue weighted by Gasteiger charge is 2.40. The second-order valence-electron chi connectivity index (χ2n) is 6.62. The Morgan fingerprint density at radius 3 is 2.92 bits per heavy atom. The second-order valence-corrected chi connectivity index (χ2v) is 6.62. The van der Waals surface area contributed by atoms with Crippen LogP contribution in [0.2, 0.25) is 0 Å². The zero-order valence-corrected chi connectivity index (χ0v) is 15.3. The molecule has 2 aliphatic heterocycles. The van der Waals surface area contributed by atoms with Crippen LogP contribution in [0, 0.1) is 6.07 Å². The molecule has 25 heavy (non-hydrogen) atoms. The van der Waals surface area contributed by atoms with Gasteiger partial charge in [-0.3, -0.25) is 9.69 Å². The van der Waals surface area contributed by atoms with Crippen molar-refractivity contribution in [2.75, 3.05) is 14.2 Å². The van der Waals surface area contributed by atoms with Gasteiger partial charge in [0.15, 0.2) is 0 Å². The molecule has 0 N–H and O–H groups in total. The molecule has 1 aromatic rings. The fourth-order valence-electron chi connectivity index (χ4n) is 4.05. The fourth-order valence-corrected chi connectivity index (χ4v) is 4.05. The van der Waals surface area contributed by atoms with Gasteiger partial charge in [0.25, 0.3) is 0 Å². The summed E-state index contributed by atoms with van der Waals surface area (Å²) in [5, 5.41) is 4.30. The number of benzene rings is 1. The summed E-state index contributed by atoms with van der Waals surface area (Å²) in [4.78, 5) is 18.8. The van der Waals surface area contributed by atoms with Crippen LogP contribution in [0.3, 0.4) is 0 Å². The molecule has 0 saturated carbocycles. The number of fused-ring (bicyclic) bond motifs is 2. The third kappa shape index (κ3) is 3.47. The summed E-state index contributed by atoms with van der Waals surface area (Å²) in [6.07, 6.45) is 4.11. The average molecular weight is 341 g/mol. The zero-order valence-electron chi connectivity index (χ0n) is 15.3. The van der Waals surface area contributed by atoms with Gasteiger partial charge in [0.1, 0.15) is 12.9 Å². The maximum Gasteiger partial charge on any atom is 0.308 e. The third-order valence-corrected chi connectivity index (χ3v) is 5.16. The molecule has 1 aromatic carbocycles. The molecule has 0 spiro atoms. The summed E-state index contributed by atoms with van der Waals surface area (Å²) >= 11 is 0. The smallest absolute Gasteiger partial charge is 0.308 e. The Morgan fingerprint density at radius 1 is 1.44 bits per heavy atom. The van der Waals surface area contributed by atoms with E-state index in [4.69, 9.17) is 9.57 Å². The summed E-state index contributed by atoms with van der Waals surface area (Å²) < 4.78 is 5.22. The molecule has 0 amide bonds. The molecule has 133 valence electrons. The van der Waals surface area contributed by atoms with Gasteiger partial charge in [-0.25, -0.2) is 0 Å². The first-order valence-electron chi connectivity index (χ1n) is 8.81. The molecular weight excluding hydrogens is 316 g/mol. The maximum absolute atomic E-state index is 11.3. The number of rotatable bonds is 5. The van der Waals surface area contributed by atoms with Crippen molar-refractivity contribution in [3.05, 3.63) is 35.4 Å². The van der Waals surface area contributed by atoms with Crippen molar-refractivity contribution >= 4 is 17.3 Å². The van der Waals surface area contributed by atoms with Crippen LogP contribution < -0.4 is 4.74 Å². The standard InChI is InChI=1S/C20H25N2O3/c1-5-18(21-24-4)20-17(12-15-9-10-19(20)22(15)3)14-7-6-8-16(11-14)25-13(2)23/h6-7,11,15,19H,5,9-10,12H2,1-4H3. The number of carbonyl (C=O) groups is 1. The van der Waals surface area contributed by atoms with Crippen LogP contribution in [0.25, 0.3) is 5.57 Å². The predicted octanol–water partition coefficient (Wildman–Crippen LogP) is 3.44. The first-order valence-corrected chi connectivity index (χ1v) is 8.81. The van der Waals surface area contributed by atoms with Crippen LogP contribution in [-0.2, 0) is 9.63 Å². The molecular formula is C20H25N2O3. The lowest BCUT2D eigenvalue weighted by atomic mass is 9.85. The average Bonchev–Trinajstić information content (AvgIpc) is 2.82. The Hall–Kier alpha value is -2.14. The lowest BCUT2D eigenvalue weighted by Gasteiger charge is -2.35. The quantitative estimate of drug-likeness (QED) is 0.356. The molecule has 0 aromatic heterocycles. The molecule has 1 fully saturated rings. The van der Waals surface area contributed by atoms with Crippen molar-refractivity contribution in [2.24, 2.45) is 5.16 Å². The van der Waals surface area contributed by atoms with Crippen molar-refractivity contribution in [1.82, 2.24) is 4.90 Å². The molecule has 3 rings (SSSR count). The molecule has 1 radical (unpaired) electrons. The molecule has 2 atom stereocenters. The van der Waals surface area contributed by atoms with Crippen LogP contribution in [0.15, 0.2) is 28.9 Å². The summed E-state index contributed by atoms with van der Waals surface area (Å²) in [7, 11) is 3.79. The van der Waals surface area contributed by atoms with Gasteiger partial charge >= 0.3 is 5.97 Å². The summed E-state index contributed by atoms with van der Waals surface area (Å²) in [5.41, 5.74) is 4.62. The maximum atomic E-state index is 11.3. The van der Waals surface area contributed by atoms with E-state index >= 15 is 0 Å². The second kappa shape index (κ2) is 7.40. The molecule has 5 nitrogen and oxygen atoms in total. The minimum absolute atomic E-state index is 0.332. The molecule has 2 aliphatic rings. The molecule has 2 bridgehead atoms. The van der Waals surface area contributed by atoms with E-state index in [-0.39, 0.29) is 5.97 Å². The van der Waals surface area contributed by atoms with Crippen molar-refractivity contribution in [2.45, 2.75) is 51.6 Å². The van der Waals surface area contributed by atoms with E-state index in [1.54, 1.807) is 7.11 Å². The lowest BCUT2D eigenvalue weighted by Crippen LogP contribution is -2.40. The Kier molecular flexibility index (Phi) is 5.23. The Morgan fingerprint density at radius 2 is 2.24 bits per heavy atom. The Bertz CT molecular complexity index is 723. The number of ether oxygens (including phenoxy) is 1. The zero-order chi connectivity index (χ0) is 18.0. The van der Waals surface area contributed by atoms with Gasteiger partial charge in [0.05, 0.1) is 5.71 Å². The van der Waals surface area contributed by atoms with Crippen LogP contribution >= 0.6 is 0 Å². The lowest BCUT2D eigenvalue weighted by molar-refractivity contribution is -0.131. The van der Waals surface area contributed by atoms with Gasteiger partial charge in [0, 0.05) is 25.1 Å². The third-order valence-electron chi connectivity index (χ3n) is 5.16. The van der Waals surface area contributed by atoms with Crippen LogP contribution in [0.1, 0.15) is 45.1 Å². The van der Waals surface area contributed by atoms with Crippen molar-refractivity contribution in [3.8, 4) is 5.75 Å². The Labute approximate surface area is 149 Å². The molecule has 5 heteroatoms. The highest BCUT2D eigenvalue weighted by atomic mass is 16.6. The SMILES string of the molecule is CCC(=NOC)C1=C(c2cc[c]c(OC(C)=O)c2)CC2CCC1N2C. The summed E-state index contributed by atoms with van der Waals surface area (Å²) in [5.74, 6) is 0.131. The summed E-state index contributed by atoms with van der Waals surface area (Å²) in [6, 6.07) is 9.65. The molecule has 1 saturated heterocycles. The minimum Gasteiger partial charge on any atom is -0.426 e. The van der Waals surface area contributed by atoms with E-state index in [9.17, 15) is 4.79 Å². The van der Waals surface area contributed by atoms with Crippen molar-refractivity contribution in [3.63, 3.8) is 0 Å². The number of carbonyl (C=O) groups excluding carboxylic acids is 1. The van der Waals surface area contributed by atoms with Crippen molar-refractivity contribution in [1.29, 1.82) is 0 Å². The van der Waals surface area contributed by atoms with Crippen molar-refractivity contribution < 1.29 is 14.4 Å². The molecule has 2 unspecified atom stereocenters. The van der Waals surface area contributed by atoms with E-state index in [0.29, 0.717) is 17.8 Å². The first-order chi connectivity index (χ1) is 12.0. The van der Waals surface area contributed by atoms with E-state index in [1.165, 1.54) is 24.5 Å². The summed E-state index contributed by atoms with van der Waals surface area (Å²) in [6.45, 7) is 3.51. The monoisotopic (exact) mass is 341 g/mol. The largest absolute Gasteiger partial charge is 0.426 e. The van der Waals surface area contributed by atoms with E-state index in [0.717, 1.165) is 30.5 Å². The molecule has 0 aliphatic carbocycles. The van der Waals surface area contributed by atoms with Gasteiger partial charge in [0.2, 0.25) is 0 Å². The topological polar surface area (TPSA) is 51.1 Å². The number of hydrogen-bond donors (Lipinski definition) is 0. The highest BCUT2D eigenvalue weighted by molar-refractivity contribution is 6.07. The van der Waals surface area contributed by atoms with Gasteiger partial charge in [-0.15, -0.1) is 0 Å². The Balaban J connectivity index is 2.10. The van der Waals surface area contributed by atoms with Gasteiger partial charge < -0.3 is 9.57 Å². The van der Waals surface area contributed by atoms with E-state index in [1.807, 2.05) is 18.2 Å². The first kappa shape index (κ1) is 17.7. The normalized spacial score (nSPS) is 23.8. The van der Waals surface area contributed by atoms with E-state index in [2.05, 4.69) is 30.1 Å². The predicted molar refractivity (Wildman–Crippen MR) is 97.4 cm³/mol. The van der Waals surface area contributed by atoms with Gasteiger partial charge in [-0.1, -0.05) is 18.1 Å². The molecule has 2 heterocycles. The van der Waals surface area contributed by atoms with E-state index < -0.39 is 0 Å².